The number of hydrogen-bond donors (Lipinski definition) is 2. The fourth-order valence-electron chi connectivity index (χ4n) is 1.61. The molecule has 76 valence electrons. The van der Waals surface area contributed by atoms with Crippen molar-refractivity contribution in [2.24, 2.45) is 5.73 Å². The number of nitrogens with two attached hydrogens (primary N) is 1. The van der Waals surface area contributed by atoms with Crippen molar-refractivity contribution >= 4 is 15.9 Å². The van der Waals surface area contributed by atoms with Gasteiger partial charge in [0.1, 0.15) is 5.84 Å². The standard InChI is InChI=1S/C7H15N3O2S/c1-13(11,12)10-5-3-2-4-6(10)7(8)9/h6H,2-5H2,1H3,(H3,8,9). The van der Waals surface area contributed by atoms with Gasteiger partial charge >= 0.3 is 0 Å². The molecule has 3 N–H and O–H groups in total. The largest absolute Gasteiger partial charge is 0.386 e. The Morgan fingerprint density at radius 1 is 1.54 bits per heavy atom. The average molecular weight is 205 g/mol. The van der Waals surface area contributed by atoms with E-state index in [0.29, 0.717) is 13.0 Å². The molecule has 0 spiro atoms. The minimum Gasteiger partial charge on any atom is -0.386 e. The Hall–Kier alpha value is -0.620. The van der Waals surface area contributed by atoms with E-state index in [4.69, 9.17) is 11.1 Å². The maximum absolute atomic E-state index is 11.3. The molecule has 0 radical (unpaired) electrons. The van der Waals surface area contributed by atoms with Gasteiger partial charge in [0.15, 0.2) is 0 Å². The van der Waals surface area contributed by atoms with Crippen LogP contribution < -0.4 is 5.73 Å². The molecule has 0 aliphatic carbocycles. The van der Waals surface area contributed by atoms with Gasteiger partial charge in [-0.2, -0.15) is 4.31 Å². The van der Waals surface area contributed by atoms with E-state index in [-0.39, 0.29) is 5.84 Å². The van der Waals surface area contributed by atoms with E-state index in [1.54, 1.807) is 0 Å². The van der Waals surface area contributed by atoms with Crippen LogP contribution in [0.25, 0.3) is 0 Å². The molecule has 5 nitrogen and oxygen atoms in total. The third-order valence-corrected chi connectivity index (χ3v) is 3.53. The molecule has 1 atom stereocenters. The van der Waals surface area contributed by atoms with Gasteiger partial charge in [0.05, 0.1) is 12.3 Å². The molecule has 1 rings (SSSR count). The normalized spacial score (nSPS) is 25.8. The number of sulfonamides is 1. The van der Waals surface area contributed by atoms with Crippen LogP contribution >= 0.6 is 0 Å². The number of nitrogens with one attached hydrogen (secondary N) is 1. The van der Waals surface area contributed by atoms with Crippen LogP contribution in [-0.2, 0) is 10.0 Å². The minimum absolute atomic E-state index is 0.0508. The summed E-state index contributed by atoms with van der Waals surface area (Å²) in [7, 11) is -3.21. The summed E-state index contributed by atoms with van der Waals surface area (Å²) in [5.41, 5.74) is 5.33. The molecule has 6 heteroatoms. The van der Waals surface area contributed by atoms with Gasteiger partial charge in [-0.15, -0.1) is 0 Å². The minimum atomic E-state index is -3.21. The van der Waals surface area contributed by atoms with E-state index >= 15 is 0 Å². The van der Waals surface area contributed by atoms with Crippen LogP contribution in [0.4, 0.5) is 0 Å². The zero-order chi connectivity index (χ0) is 10.1. The van der Waals surface area contributed by atoms with Crippen molar-refractivity contribution in [1.29, 1.82) is 5.41 Å². The molecule has 1 fully saturated rings. The van der Waals surface area contributed by atoms with Crippen LogP contribution in [0.2, 0.25) is 0 Å². The lowest BCUT2D eigenvalue weighted by atomic mass is 10.0. The Kier molecular flexibility index (Phi) is 2.92. The Morgan fingerprint density at radius 3 is 2.54 bits per heavy atom. The molecule has 0 saturated carbocycles. The highest BCUT2D eigenvalue weighted by atomic mass is 32.2. The van der Waals surface area contributed by atoms with Crippen molar-refractivity contribution in [2.45, 2.75) is 25.3 Å². The Bertz CT molecular complexity index is 299. The SMILES string of the molecule is CS(=O)(=O)N1CCCCC1C(=N)N. The van der Waals surface area contributed by atoms with Gasteiger partial charge in [0.2, 0.25) is 10.0 Å². The summed E-state index contributed by atoms with van der Waals surface area (Å²) >= 11 is 0. The second-order valence-corrected chi connectivity index (χ2v) is 5.28. The first-order valence-electron chi connectivity index (χ1n) is 4.23. The quantitative estimate of drug-likeness (QED) is 0.481. The summed E-state index contributed by atoms with van der Waals surface area (Å²) in [6.07, 6.45) is 3.63. The van der Waals surface area contributed by atoms with Gasteiger partial charge in [0.25, 0.3) is 0 Å². The highest BCUT2D eigenvalue weighted by molar-refractivity contribution is 7.88. The van der Waals surface area contributed by atoms with E-state index in [0.717, 1.165) is 19.1 Å². The monoisotopic (exact) mass is 205 g/mol. The van der Waals surface area contributed by atoms with Gasteiger partial charge in [-0.1, -0.05) is 6.42 Å². The van der Waals surface area contributed by atoms with Crippen LogP contribution in [-0.4, -0.2) is 37.4 Å². The Balaban J connectivity index is 2.86. The topological polar surface area (TPSA) is 87.2 Å². The smallest absolute Gasteiger partial charge is 0.211 e. The summed E-state index contributed by atoms with van der Waals surface area (Å²) in [5.74, 6) is -0.0508. The molecule has 1 unspecified atom stereocenters. The predicted octanol–water partition coefficient (Wildman–Crippen LogP) is -0.264. The number of rotatable bonds is 2. The number of nitrogens with zero attached hydrogens (tertiary/aromatic N) is 1. The van der Waals surface area contributed by atoms with E-state index in [1.807, 2.05) is 0 Å². The summed E-state index contributed by atoms with van der Waals surface area (Å²) in [5, 5.41) is 7.27. The Morgan fingerprint density at radius 2 is 2.15 bits per heavy atom. The molecule has 1 saturated heterocycles. The van der Waals surface area contributed by atoms with Crippen molar-refractivity contribution in [3.05, 3.63) is 0 Å². The fraction of sp³-hybridized carbons (Fsp3) is 0.857. The van der Waals surface area contributed by atoms with E-state index in [1.165, 1.54) is 4.31 Å². The molecule has 0 aromatic rings. The van der Waals surface area contributed by atoms with Crippen molar-refractivity contribution in [1.82, 2.24) is 4.31 Å². The molecular formula is C7H15N3O2S. The molecule has 0 amide bonds. The van der Waals surface area contributed by atoms with Gasteiger partial charge in [-0.05, 0) is 12.8 Å². The fourth-order valence-corrected chi connectivity index (χ4v) is 2.75. The number of hydrogen-bond acceptors (Lipinski definition) is 3. The van der Waals surface area contributed by atoms with Gasteiger partial charge < -0.3 is 5.73 Å². The molecular weight excluding hydrogens is 190 g/mol. The number of piperidine rings is 1. The average Bonchev–Trinajstić information content (AvgIpc) is 2.03. The second kappa shape index (κ2) is 3.63. The zero-order valence-corrected chi connectivity index (χ0v) is 8.47. The van der Waals surface area contributed by atoms with E-state index in [2.05, 4.69) is 0 Å². The lowest BCUT2D eigenvalue weighted by Crippen LogP contribution is -2.49. The third kappa shape index (κ3) is 2.41. The second-order valence-electron chi connectivity index (χ2n) is 3.34. The molecule has 1 aliphatic rings. The zero-order valence-electron chi connectivity index (χ0n) is 7.66. The summed E-state index contributed by atoms with van der Waals surface area (Å²) in [4.78, 5) is 0. The molecule has 13 heavy (non-hydrogen) atoms. The maximum Gasteiger partial charge on any atom is 0.211 e. The first-order valence-corrected chi connectivity index (χ1v) is 6.08. The van der Waals surface area contributed by atoms with Crippen LogP contribution in [0.3, 0.4) is 0 Å². The first kappa shape index (κ1) is 10.5. The van der Waals surface area contributed by atoms with E-state index in [9.17, 15) is 8.42 Å². The van der Waals surface area contributed by atoms with Crippen LogP contribution in [0.15, 0.2) is 0 Å². The van der Waals surface area contributed by atoms with Crippen LogP contribution in [0, 0.1) is 5.41 Å². The van der Waals surface area contributed by atoms with Crippen molar-refractivity contribution < 1.29 is 8.42 Å². The predicted molar refractivity (Wildman–Crippen MR) is 51.1 cm³/mol. The lowest BCUT2D eigenvalue weighted by Gasteiger charge is -2.32. The van der Waals surface area contributed by atoms with Crippen molar-refractivity contribution in [3.8, 4) is 0 Å². The van der Waals surface area contributed by atoms with Crippen LogP contribution in [0.1, 0.15) is 19.3 Å². The van der Waals surface area contributed by atoms with Crippen molar-refractivity contribution in [2.75, 3.05) is 12.8 Å². The van der Waals surface area contributed by atoms with Gasteiger partial charge in [-0.25, -0.2) is 8.42 Å². The maximum atomic E-state index is 11.3. The Labute approximate surface area is 78.5 Å². The highest BCUT2D eigenvalue weighted by Crippen LogP contribution is 2.19. The molecule has 0 bridgehead atoms. The van der Waals surface area contributed by atoms with Gasteiger partial charge in [-0.3, -0.25) is 5.41 Å². The van der Waals surface area contributed by atoms with E-state index < -0.39 is 16.1 Å². The van der Waals surface area contributed by atoms with Gasteiger partial charge in [0, 0.05) is 6.54 Å². The number of amidine groups is 1. The highest BCUT2D eigenvalue weighted by Gasteiger charge is 2.30. The summed E-state index contributed by atoms with van der Waals surface area (Å²) in [6.45, 7) is 0.489. The molecule has 0 aromatic carbocycles. The summed E-state index contributed by atoms with van der Waals surface area (Å²) in [6, 6.07) is -0.413. The lowest BCUT2D eigenvalue weighted by molar-refractivity contribution is 0.305. The molecule has 0 aromatic heterocycles. The van der Waals surface area contributed by atoms with Crippen LogP contribution in [0.5, 0.6) is 0 Å². The molecule has 1 heterocycles. The third-order valence-electron chi connectivity index (χ3n) is 2.24. The van der Waals surface area contributed by atoms with Crippen molar-refractivity contribution in [3.63, 3.8) is 0 Å². The summed E-state index contributed by atoms with van der Waals surface area (Å²) < 4.78 is 23.9. The molecule has 1 aliphatic heterocycles. The first-order chi connectivity index (χ1) is 5.93.